The minimum Gasteiger partial charge on any atom is -0.396 e. The number of aliphatic hydroxyl groups is 1. The Balaban J connectivity index is 1.84. The third-order valence-electron chi connectivity index (χ3n) is 3.63. The highest BCUT2D eigenvalue weighted by Gasteiger charge is 2.24. The Bertz CT molecular complexity index is 647. The van der Waals surface area contributed by atoms with Gasteiger partial charge >= 0.3 is 0 Å². The first kappa shape index (κ1) is 14.0. The summed E-state index contributed by atoms with van der Waals surface area (Å²) in [5, 5.41) is 8.78. The maximum atomic E-state index is 13.0. The number of benzene rings is 2. The minimum atomic E-state index is -0.235. The quantitative estimate of drug-likeness (QED) is 0.924. The highest BCUT2D eigenvalue weighted by atomic mass is 19.1. The fourth-order valence-electron chi connectivity index (χ4n) is 2.58. The van der Waals surface area contributed by atoms with Crippen molar-refractivity contribution < 1.29 is 14.2 Å². The highest BCUT2D eigenvalue weighted by Crippen LogP contribution is 2.36. The normalized spacial score (nSPS) is 17.3. The van der Waals surface area contributed by atoms with Crippen LogP contribution >= 0.6 is 0 Å². The zero-order chi connectivity index (χ0) is 14.7. The summed E-state index contributed by atoms with van der Waals surface area (Å²) in [6.07, 6.45) is 4.50. The van der Waals surface area contributed by atoms with Crippen molar-refractivity contribution >= 4 is 6.08 Å². The lowest BCUT2D eigenvalue weighted by atomic mass is 9.97. The smallest absolute Gasteiger partial charge is 0.123 e. The Hall–Kier alpha value is -1.97. The standard InChI is InChI=1S/C18H17FO2/c19-16-7-5-14(6-8-16)18-17-9-4-13(3-1-2-10-20)11-15(17)12-21-18/h1,3-9,11,18,20H,2,10,12H2/b3-1-. The van der Waals surface area contributed by atoms with Gasteiger partial charge in [-0.15, -0.1) is 0 Å². The average molecular weight is 284 g/mol. The summed E-state index contributed by atoms with van der Waals surface area (Å²) < 4.78 is 18.8. The lowest BCUT2D eigenvalue weighted by Crippen LogP contribution is -1.98. The van der Waals surface area contributed by atoms with Gasteiger partial charge in [0, 0.05) is 6.61 Å². The predicted molar refractivity (Wildman–Crippen MR) is 80.2 cm³/mol. The van der Waals surface area contributed by atoms with E-state index in [0.29, 0.717) is 13.0 Å². The van der Waals surface area contributed by atoms with Gasteiger partial charge in [0.25, 0.3) is 0 Å². The SMILES string of the molecule is OCC/C=C\c1ccc2c(c1)COC2c1ccc(F)cc1. The molecule has 0 radical (unpaired) electrons. The van der Waals surface area contributed by atoms with Crippen LogP contribution in [0.2, 0.25) is 0 Å². The summed E-state index contributed by atoms with van der Waals surface area (Å²) in [5.74, 6) is -0.235. The van der Waals surface area contributed by atoms with Crippen LogP contribution in [0.25, 0.3) is 6.08 Å². The van der Waals surface area contributed by atoms with E-state index >= 15 is 0 Å². The first-order chi connectivity index (χ1) is 10.3. The summed E-state index contributed by atoms with van der Waals surface area (Å²) in [4.78, 5) is 0. The molecule has 3 heteroatoms. The molecular formula is C18H17FO2. The van der Waals surface area contributed by atoms with Gasteiger partial charge in [0.1, 0.15) is 11.9 Å². The van der Waals surface area contributed by atoms with Crippen LogP contribution < -0.4 is 0 Å². The molecule has 2 aromatic carbocycles. The molecule has 1 atom stereocenters. The van der Waals surface area contributed by atoms with Gasteiger partial charge < -0.3 is 9.84 Å². The van der Waals surface area contributed by atoms with E-state index < -0.39 is 0 Å². The maximum absolute atomic E-state index is 13.0. The molecule has 0 fully saturated rings. The van der Waals surface area contributed by atoms with Crippen LogP contribution in [0.15, 0.2) is 48.5 Å². The summed E-state index contributed by atoms with van der Waals surface area (Å²) >= 11 is 0. The van der Waals surface area contributed by atoms with Crippen LogP contribution in [-0.4, -0.2) is 11.7 Å². The summed E-state index contributed by atoms with van der Waals surface area (Å²) in [6, 6.07) is 12.7. The molecule has 0 saturated heterocycles. The fraction of sp³-hybridized carbons (Fsp3) is 0.222. The number of hydrogen-bond donors (Lipinski definition) is 1. The second kappa shape index (κ2) is 6.20. The Kier molecular flexibility index (Phi) is 4.13. The third kappa shape index (κ3) is 3.04. The third-order valence-corrected chi connectivity index (χ3v) is 3.63. The van der Waals surface area contributed by atoms with E-state index in [9.17, 15) is 4.39 Å². The predicted octanol–water partition coefficient (Wildman–Crippen LogP) is 3.84. The van der Waals surface area contributed by atoms with Crippen LogP contribution in [0.1, 0.15) is 34.8 Å². The monoisotopic (exact) mass is 284 g/mol. The van der Waals surface area contributed by atoms with Crippen molar-refractivity contribution in [1.82, 2.24) is 0 Å². The van der Waals surface area contributed by atoms with Gasteiger partial charge in [-0.2, -0.15) is 0 Å². The van der Waals surface area contributed by atoms with Gasteiger partial charge in [0.15, 0.2) is 0 Å². The molecule has 1 aliphatic rings. The van der Waals surface area contributed by atoms with Gasteiger partial charge in [-0.1, -0.05) is 36.4 Å². The van der Waals surface area contributed by atoms with E-state index in [4.69, 9.17) is 9.84 Å². The molecule has 0 saturated carbocycles. The Labute approximate surface area is 123 Å². The van der Waals surface area contributed by atoms with E-state index in [2.05, 4.69) is 12.1 Å². The molecule has 1 aliphatic heterocycles. The van der Waals surface area contributed by atoms with Crippen molar-refractivity contribution in [3.8, 4) is 0 Å². The van der Waals surface area contributed by atoms with Crippen LogP contribution in [0.3, 0.4) is 0 Å². The lowest BCUT2D eigenvalue weighted by molar-refractivity contribution is 0.0939. The van der Waals surface area contributed by atoms with Gasteiger partial charge in [-0.05, 0) is 46.9 Å². The molecule has 0 bridgehead atoms. The second-order valence-corrected chi connectivity index (χ2v) is 5.12. The summed E-state index contributed by atoms with van der Waals surface area (Å²) in [6.45, 7) is 0.732. The zero-order valence-electron chi connectivity index (χ0n) is 11.6. The zero-order valence-corrected chi connectivity index (χ0v) is 11.6. The number of hydrogen-bond acceptors (Lipinski definition) is 2. The van der Waals surface area contributed by atoms with Crippen molar-refractivity contribution in [3.05, 3.63) is 76.6 Å². The van der Waals surface area contributed by atoms with Crippen LogP contribution in [0.4, 0.5) is 4.39 Å². The Morgan fingerprint density at radius 1 is 1.19 bits per heavy atom. The largest absolute Gasteiger partial charge is 0.396 e. The van der Waals surface area contributed by atoms with Crippen molar-refractivity contribution in [2.45, 2.75) is 19.1 Å². The fourth-order valence-corrected chi connectivity index (χ4v) is 2.58. The van der Waals surface area contributed by atoms with E-state index in [1.807, 2.05) is 18.2 Å². The molecular weight excluding hydrogens is 267 g/mol. The molecule has 2 nitrogen and oxygen atoms in total. The summed E-state index contributed by atoms with van der Waals surface area (Å²) in [5.41, 5.74) is 4.38. The molecule has 2 aromatic rings. The molecule has 0 aromatic heterocycles. The molecule has 1 N–H and O–H groups in total. The molecule has 0 aliphatic carbocycles. The van der Waals surface area contributed by atoms with E-state index in [1.165, 1.54) is 12.1 Å². The van der Waals surface area contributed by atoms with Gasteiger partial charge in [-0.3, -0.25) is 0 Å². The van der Waals surface area contributed by atoms with E-state index in [-0.39, 0.29) is 18.5 Å². The van der Waals surface area contributed by atoms with Gasteiger partial charge in [0.05, 0.1) is 6.61 Å². The highest BCUT2D eigenvalue weighted by molar-refractivity contribution is 5.53. The molecule has 3 rings (SSSR count). The number of rotatable bonds is 4. The molecule has 108 valence electrons. The second-order valence-electron chi connectivity index (χ2n) is 5.12. The number of ether oxygens (including phenoxy) is 1. The first-order valence-corrected chi connectivity index (χ1v) is 7.05. The van der Waals surface area contributed by atoms with Crippen LogP contribution in [0.5, 0.6) is 0 Å². The molecule has 0 spiro atoms. The number of aliphatic hydroxyl groups excluding tert-OH is 1. The van der Waals surface area contributed by atoms with Gasteiger partial charge in [-0.25, -0.2) is 4.39 Å². The molecule has 1 heterocycles. The van der Waals surface area contributed by atoms with Crippen LogP contribution in [0, 0.1) is 5.82 Å². The van der Waals surface area contributed by atoms with Crippen molar-refractivity contribution in [1.29, 1.82) is 0 Å². The topological polar surface area (TPSA) is 29.5 Å². The molecule has 1 unspecified atom stereocenters. The van der Waals surface area contributed by atoms with Gasteiger partial charge in [0.2, 0.25) is 0 Å². The Morgan fingerprint density at radius 2 is 2.00 bits per heavy atom. The molecule has 21 heavy (non-hydrogen) atoms. The van der Waals surface area contributed by atoms with Crippen molar-refractivity contribution in [3.63, 3.8) is 0 Å². The summed E-state index contributed by atoms with van der Waals surface area (Å²) in [7, 11) is 0. The van der Waals surface area contributed by atoms with Crippen molar-refractivity contribution in [2.75, 3.05) is 6.61 Å². The van der Waals surface area contributed by atoms with E-state index in [0.717, 1.165) is 22.3 Å². The first-order valence-electron chi connectivity index (χ1n) is 7.05. The van der Waals surface area contributed by atoms with Crippen LogP contribution in [-0.2, 0) is 11.3 Å². The molecule has 0 amide bonds. The Morgan fingerprint density at radius 3 is 2.76 bits per heavy atom. The number of halogens is 1. The average Bonchev–Trinajstić information content (AvgIpc) is 2.91. The minimum absolute atomic E-state index is 0.115. The lowest BCUT2D eigenvalue weighted by Gasteiger charge is -2.11. The maximum Gasteiger partial charge on any atom is 0.123 e. The number of fused-ring (bicyclic) bond motifs is 1. The van der Waals surface area contributed by atoms with Crippen molar-refractivity contribution in [2.24, 2.45) is 0 Å². The van der Waals surface area contributed by atoms with E-state index in [1.54, 1.807) is 12.1 Å².